The molecular formula is C14H12BrNO. The fourth-order valence-corrected chi connectivity index (χ4v) is 2.07. The smallest absolute Gasteiger partial charge is 0.118 e. The summed E-state index contributed by atoms with van der Waals surface area (Å²) in [6.45, 7) is 0. The van der Waals surface area contributed by atoms with Crippen LogP contribution in [0.1, 0.15) is 11.1 Å². The third-order valence-corrected chi connectivity index (χ3v) is 3.05. The van der Waals surface area contributed by atoms with Crippen molar-refractivity contribution in [2.75, 3.05) is 7.11 Å². The van der Waals surface area contributed by atoms with Gasteiger partial charge in [0.1, 0.15) is 12.8 Å². The van der Waals surface area contributed by atoms with Crippen molar-refractivity contribution in [3.8, 4) is 0 Å². The largest absolute Gasteiger partial charge is 0.399 e. The highest BCUT2D eigenvalue weighted by Gasteiger charge is 2.10. The molecular weight excluding hydrogens is 278 g/mol. The highest BCUT2D eigenvalue weighted by atomic mass is 79.9. The second kappa shape index (κ2) is 5.64. The summed E-state index contributed by atoms with van der Waals surface area (Å²) >= 11 is 3.53. The highest BCUT2D eigenvalue weighted by Crippen LogP contribution is 2.20. The molecule has 86 valence electrons. The lowest BCUT2D eigenvalue weighted by atomic mass is 10.0. The Morgan fingerprint density at radius 1 is 1.00 bits per heavy atom. The topological polar surface area (TPSA) is 21.6 Å². The van der Waals surface area contributed by atoms with E-state index in [2.05, 4.69) is 21.1 Å². The zero-order valence-corrected chi connectivity index (χ0v) is 11.0. The van der Waals surface area contributed by atoms with Gasteiger partial charge in [-0.25, -0.2) is 0 Å². The van der Waals surface area contributed by atoms with E-state index in [0.29, 0.717) is 0 Å². The number of hydrogen-bond acceptors (Lipinski definition) is 2. The maximum atomic E-state index is 4.93. The fourth-order valence-electron chi connectivity index (χ4n) is 1.60. The van der Waals surface area contributed by atoms with E-state index < -0.39 is 0 Å². The van der Waals surface area contributed by atoms with Crippen molar-refractivity contribution in [2.24, 2.45) is 5.16 Å². The van der Waals surface area contributed by atoms with Crippen LogP contribution >= 0.6 is 15.9 Å². The summed E-state index contributed by atoms with van der Waals surface area (Å²) in [5.41, 5.74) is 2.86. The van der Waals surface area contributed by atoms with Crippen molar-refractivity contribution >= 4 is 21.6 Å². The van der Waals surface area contributed by atoms with E-state index in [4.69, 9.17) is 4.84 Å². The van der Waals surface area contributed by atoms with Gasteiger partial charge in [-0.1, -0.05) is 69.6 Å². The Hall–Kier alpha value is -1.61. The van der Waals surface area contributed by atoms with Crippen LogP contribution in [0, 0.1) is 0 Å². The Morgan fingerprint density at radius 2 is 1.65 bits per heavy atom. The molecule has 0 atom stereocenters. The second-order valence-corrected chi connectivity index (χ2v) is 4.32. The average Bonchev–Trinajstić information content (AvgIpc) is 2.38. The molecule has 0 aliphatic heterocycles. The molecule has 0 unspecified atom stereocenters. The van der Waals surface area contributed by atoms with Crippen molar-refractivity contribution in [3.63, 3.8) is 0 Å². The molecule has 0 spiro atoms. The predicted molar refractivity (Wildman–Crippen MR) is 73.2 cm³/mol. The minimum Gasteiger partial charge on any atom is -0.399 e. The molecule has 3 heteroatoms. The molecule has 0 amide bonds. The van der Waals surface area contributed by atoms with Crippen LogP contribution in [0.25, 0.3) is 0 Å². The van der Waals surface area contributed by atoms with E-state index in [1.807, 2.05) is 54.6 Å². The van der Waals surface area contributed by atoms with Gasteiger partial charge in [-0.05, 0) is 6.07 Å². The van der Waals surface area contributed by atoms with Gasteiger partial charge in [-0.15, -0.1) is 0 Å². The molecule has 0 N–H and O–H groups in total. The van der Waals surface area contributed by atoms with Gasteiger partial charge in [0.05, 0.1) is 0 Å². The normalized spacial score (nSPS) is 11.3. The Balaban J connectivity index is 2.52. The minimum atomic E-state index is 0.820. The quantitative estimate of drug-likeness (QED) is 0.621. The molecule has 0 fully saturated rings. The summed E-state index contributed by atoms with van der Waals surface area (Å²) in [7, 11) is 1.56. The third kappa shape index (κ3) is 2.74. The van der Waals surface area contributed by atoms with Crippen LogP contribution in [0.2, 0.25) is 0 Å². The van der Waals surface area contributed by atoms with Crippen molar-refractivity contribution in [3.05, 3.63) is 70.2 Å². The fraction of sp³-hybridized carbons (Fsp3) is 0.0714. The van der Waals surface area contributed by atoms with Crippen LogP contribution < -0.4 is 0 Å². The summed E-state index contributed by atoms with van der Waals surface area (Å²) in [4.78, 5) is 4.93. The number of benzene rings is 2. The second-order valence-electron chi connectivity index (χ2n) is 3.47. The van der Waals surface area contributed by atoms with Gasteiger partial charge >= 0.3 is 0 Å². The first-order valence-electron chi connectivity index (χ1n) is 5.24. The average molecular weight is 290 g/mol. The molecule has 2 aromatic rings. The van der Waals surface area contributed by atoms with E-state index >= 15 is 0 Å². The Kier molecular flexibility index (Phi) is 3.94. The zero-order valence-electron chi connectivity index (χ0n) is 9.43. The molecule has 2 aromatic carbocycles. The molecule has 0 heterocycles. The molecule has 0 saturated heterocycles. The van der Waals surface area contributed by atoms with Gasteiger partial charge < -0.3 is 4.84 Å². The Labute approximate surface area is 109 Å². The van der Waals surface area contributed by atoms with Crippen LogP contribution in [-0.2, 0) is 4.84 Å². The summed E-state index contributed by atoms with van der Waals surface area (Å²) < 4.78 is 1.000. The molecule has 0 aromatic heterocycles. The SMILES string of the molecule is CO/N=C(/c1ccccc1)c1ccccc1Br. The van der Waals surface area contributed by atoms with Gasteiger partial charge in [0.15, 0.2) is 0 Å². The molecule has 0 bridgehead atoms. The lowest BCUT2D eigenvalue weighted by Gasteiger charge is -2.07. The standard InChI is InChI=1S/C14H12BrNO/c1-17-16-14(11-7-3-2-4-8-11)12-9-5-6-10-13(12)15/h2-10H,1H3/b16-14-. The minimum absolute atomic E-state index is 0.820. The molecule has 2 rings (SSSR count). The van der Waals surface area contributed by atoms with Crippen molar-refractivity contribution < 1.29 is 4.84 Å². The van der Waals surface area contributed by atoms with Crippen molar-refractivity contribution in [1.29, 1.82) is 0 Å². The number of oxime groups is 1. The van der Waals surface area contributed by atoms with Gasteiger partial charge in [0.2, 0.25) is 0 Å². The third-order valence-electron chi connectivity index (χ3n) is 2.36. The van der Waals surface area contributed by atoms with Crippen LogP contribution in [0.3, 0.4) is 0 Å². The summed E-state index contributed by atoms with van der Waals surface area (Å²) in [6.07, 6.45) is 0. The van der Waals surface area contributed by atoms with Crippen LogP contribution in [-0.4, -0.2) is 12.8 Å². The van der Waals surface area contributed by atoms with Crippen molar-refractivity contribution in [2.45, 2.75) is 0 Å². The van der Waals surface area contributed by atoms with Crippen LogP contribution in [0.4, 0.5) is 0 Å². The Bertz CT molecular complexity index is 523. The number of rotatable bonds is 3. The summed E-state index contributed by atoms with van der Waals surface area (Å²) in [5, 5.41) is 4.11. The monoisotopic (exact) mass is 289 g/mol. The molecule has 0 radical (unpaired) electrons. The van der Waals surface area contributed by atoms with Gasteiger partial charge in [0.25, 0.3) is 0 Å². The number of nitrogens with zero attached hydrogens (tertiary/aromatic N) is 1. The molecule has 17 heavy (non-hydrogen) atoms. The first kappa shape index (κ1) is 11.9. The van der Waals surface area contributed by atoms with E-state index in [1.54, 1.807) is 7.11 Å². The highest BCUT2D eigenvalue weighted by molar-refractivity contribution is 9.10. The van der Waals surface area contributed by atoms with E-state index in [1.165, 1.54) is 0 Å². The van der Waals surface area contributed by atoms with Crippen molar-refractivity contribution in [1.82, 2.24) is 0 Å². The maximum absolute atomic E-state index is 4.93. The molecule has 2 nitrogen and oxygen atoms in total. The van der Waals surface area contributed by atoms with Gasteiger partial charge in [-0.2, -0.15) is 0 Å². The van der Waals surface area contributed by atoms with E-state index in [0.717, 1.165) is 21.3 Å². The molecule has 0 saturated carbocycles. The zero-order chi connectivity index (χ0) is 12.1. The number of halogens is 1. The lowest BCUT2D eigenvalue weighted by molar-refractivity contribution is 0.214. The maximum Gasteiger partial charge on any atom is 0.118 e. The predicted octanol–water partition coefficient (Wildman–Crippen LogP) is 3.85. The molecule has 0 aliphatic carbocycles. The molecule has 0 aliphatic rings. The summed E-state index contributed by atoms with van der Waals surface area (Å²) in [5.74, 6) is 0. The lowest BCUT2D eigenvalue weighted by Crippen LogP contribution is -2.04. The number of hydrogen-bond donors (Lipinski definition) is 0. The van der Waals surface area contributed by atoms with E-state index in [-0.39, 0.29) is 0 Å². The first-order chi connectivity index (χ1) is 8.33. The van der Waals surface area contributed by atoms with Gasteiger partial charge in [0, 0.05) is 15.6 Å². The van der Waals surface area contributed by atoms with E-state index in [9.17, 15) is 0 Å². The van der Waals surface area contributed by atoms with Gasteiger partial charge in [-0.3, -0.25) is 0 Å². The Morgan fingerprint density at radius 3 is 2.29 bits per heavy atom. The van der Waals surface area contributed by atoms with Crippen LogP contribution in [0.15, 0.2) is 64.2 Å². The first-order valence-corrected chi connectivity index (χ1v) is 6.03. The summed E-state index contributed by atoms with van der Waals surface area (Å²) in [6, 6.07) is 17.9. The van der Waals surface area contributed by atoms with Crippen LogP contribution in [0.5, 0.6) is 0 Å².